The molecular formula is C21H21FN6O3. The fraction of sp³-hybridized carbons (Fsp3) is 0.286. The molecule has 2 aromatic heterocycles. The van der Waals surface area contributed by atoms with Gasteiger partial charge >= 0.3 is 0 Å². The Labute approximate surface area is 178 Å². The number of hydrogen-bond donors (Lipinski definition) is 0. The van der Waals surface area contributed by atoms with E-state index in [1.54, 1.807) is 40.1 Å². The molecule has 9 nitrogen and oxygen atoms in total. The quantitative estimate of drug-likeness (QED) is 0.634. The molecule has 2 amide bonds. The smallest absolute Gasteiger partial charge is 0.293 e. The summed E-state index contributed by atoms with van der Waals surface area (Å²) < 4.78 is 19.9. The molecular weight excluding hydrogens is 403 g/mol. The molecule has 1 fully saturated rings. The second-order valence-electron chi connectivity index (χ2n) is 7.16. The third-order valence-electron chi connectivity index (χ3n) is 5.08. The van der Waals surface area contributed by atoms with Crippen molar-refractivity contribution in [3.8, 4) is 11.6 Å². The van der Waals surface area contributed by atoms with Gasteiger partial charge in [0, 0.05) is 31.7 Å². The van der Waals surface area contributed by atoms with E-state index in [0.29, 0.717) is 36.9 Å². The summed E-state index contributed by atoms with van der Waals surface area (Å²) in [5.74, 6) is -0.570. The fourth-order valence-corrected chi connectivity index (χ4v) is 3.48. The van der Waals surface area contributed by atoms with Crippen molar-refractivity contribution in [3.05, 3.63) is 66.1 Å². The maximum atomic E-state index is 13.4. The summed E-state index contributed by atoms with van der Waals surface area (Å²) in [6.07, 6.45) is 1.37. The van der Waals surface area contributed by atoms with Gasteiger partial charge in [0.2, 0.25) is 11.7 Å². The van der Waals surface area contributed by atoms with E-state index in [2.05, 4.69) is 15.1 Å². The first-order chi connectivity index (χ1) is 15.0. The molecule has 1 aliphatic rings. The first-order valence-corrected chi connectivity index (χ1v) is 9.75. The van der Waals surface area contributed by atoms with Crippen LogP contribution in [0.3, 0.4) is 0 Å². The van der Waals surface area contributed by atoms with E-state index < -0.39 is 5.82 Å². The highest BCUT2D eigenvalue weighted by atomic mass is 19.1. The number of ether oxygens (including phenoxy) is 1. The summed E-state index contributed by atoms with van der Waals surface area (Å²) in [4.78, 5) is 37.3. The minimum atomic E-state index is -0.402. The number of methoxy groups -OCH3 is 1. The topological polar surface area (TPSA) is 93.5 Å². The van der Waals surface area contributed by atoms with Crippen molar-refractivity contribution in [2.75, 3.05) is 26.7 Å². The van der Waals surface area contributed by atoms with Gasteiger partial charge in [-0.15, -0.1) is 5.10 Å². The van der Waals surface area contributed by atoms with Gasteiger partial charge in [-0.2, -0.15) is 0 Å². The summed E-state index contributed by atoms with van der Waals surface area (Å²) in [5.41, 5.74) is 0.766. The minimum Gasteiger partial charge on any atom is -0.481 e. The molecule has 31 heavy (non-hydrogen) atoms. The van der Waals surface area contributed by atoms with Crippen LogP contribution in [-0.2, 0) is 0 Å². The molecule has 1 aromatic carbocycles. The van der Waals surface area contributed by atoms with Crippen LogP contribution in [0.4, 0.5) is 4.39 Å². The van der Waals surface area contributed by atoms with E-state index in [9.17, 15) is 14.0 Å². The average molecular weight is 424 g/mol. The number of aromatic nitrogens is 4. The molecule has 0 spiro atoms. The van der Waals surface area contributed by atoms with Gasteiger partial charge in [-0.1, -0.05) is 12.1 Å². The Kier molecular flexibility index (Phi) is 5.61. The molecule has 0 saturated carbocycles. The summed E-state index contributed by atoms with van der Waals surface area (Å²) in [6, 6.07) is 10.7. The summed E-state index contributed by atoms with van der Waals surface area (Å²) in [5, 5.41) is 4.19. The molecule has 1 atom stereocenters. The third kappa shape index (κ3) is 4.23. The molecule has 3 heterocycles. The second-order valence-corrected chi connectivity index (χ2v) is 7.16. The van der Waals surface area contributed by atoms with Crippen molar-refractivity contribution in [1.29, 1.82) is 0 Å². The highest BCUT2D eigenvalue weighted by Gasteiger charge is 2.32. The number of halogens is 1. The summed E-state index contributed by atoms with van der Waals surface area (Å²) >= 11 is 0. The van der Waals surface area contributed by atoms with E-state index in [-0.39, 0.29) is 23.7 Å². The molecule has 0 radical (unpaired) electrons. The number of nitrogens with zero attached hydrogens (tertiary/aromatic N) is 6. The van der Waals surface area contributed by atoms with E-state index in [0.717, 1.165) is 0 Å². The number of carbonyl (C=O) groups is 2. The van der Waals surface area contributed by atoms with Crippen LogP contribution in [0.15, 0.2) is 48.8 Å². The first kappa shape index (κ1) is 20.5. The molecule has 1 saturated heterocycles. The Morgan fingerprint density at radius 2 is 1.94 bits per heavy atom. The molecule has 1 aliphatic heterocycles. The van der Waals surface area contributed by atoms with Gasteiger partial charge in [-0.3, -0.25) is 9.59 Å². The Bertz CT molecular complexity index is 1120. The van der Waals surface area contributed by atoms with Crippen molar-refractivity contribution >= 4 is 11.8 Å². The maximum Gasteiger partial charge on any atom is 0.293 e. The Morgan fingerprint density at radius 1 is 1.13 bits per heavy atom. The van der Waals surface area contributed by atoms with Gasteiger partial charge < -0.3 is 14.5 Å². The lowest BCUT2D eigenvalue weighted by atomic mass is 10.1. The van der Waals surface area contributed by atoms with Crippen molar-refractivity contribution in [1.82, 2.24) is 29.5 Å². The zero-order valence-electron chi connectivity index (χ0n) is 17.1. The number of carbonyl (C=O) groups excluding carboxylic acids is 2. The molecule has 160 valence electrons. The normalized spacial score (nSPS) is 16.3. The van der Waals surface area contributed by atoms with Gasteiger partial charge in [0.15, 0.2) is 0 Å². The molecule has 0 bridgehead atoms. The standard InChI is InChI=1S/C21H21FN6O3/c1-14-12-26(9-10-27(14)20(29)17-7-4-8-18(24-17)31-2)21(30)19-23-13-28(25-19)16-6-3-5-15(22)11-16/h3-8,11,13-14H,9-10,12H2,1-2H3. The van der Waals surface area contributed by atoms with Crippen molar-refractivity contribution in [2.45, 2.75) is 13.0 Å². The zero-order valence-corrected chi connectivity index (χ0v) is 17.1. The number of piperazine rings is 1. The number of amides is 2. The predicted octanol–water partition coefficient (Wildman–Crippen LogP) is 1.80. The second kappa shape index (κ2) is 8.50. The van der Waals surface area contributed by atoms with Crippen LogP contribution < -0.4 is 4.74 Å². The lowest BCUT2D eigenvalue weighted by Gasteiger charge is -2.39. The lowest BCUT2D eigenvalue weighted by Crippen LogP contribution is -2.55. The maximum absolute atomic E-state index is 13.4. The van der Waals surface area contributed by atoms with Crippen LogP contribution in [0.25, 0.3) is 5.69 Å². The van der Waals surface area contributed by atoms with Crippen LogP contribution in [0, 0.1) is 5.82 Å². The van der Waals surface area contributed by atoms with Crippen LogP contribution in [-0.4, -0.2) is 74.1 Å². The lowest BCUT2D eigenvalue weighted by molar-refractivity contribution is 0.0404. The molecule has 4 rings (SSSR count). The molecule has 0 aliphatic carbocycles. The molecule has 0 N–H and O–H groups in total. The summed E-state index contributed by atoms with van der Waals surface area (Å²) in [6.45, 7) is 2.90. The Morgan fingerprint density at radius 3 is 2.68 bits per heavy atom. The SMILES string of the molecule is COc1cccc(C(=O)N2CCN(C(=O)c3ncn(-c4cccc(F)c4)n3)CC2C)n1. The monoisotopic (exact) mass is 424 g/mol. The van der Waals surface area contributed by atoms with Gasteiger partial charge in [0.1, 0.15) is 17.8 Å². The van der Waals surface area contributed by atoms with Gasteiger partial charge in [0.05, 0.1) is 12.8 Å². The first-order valence-electron chi connectivity index (χ1n) is 9.75. The number of rotatable bonds is 4. The van der Waals surface area contributed by atoms with E-state index in [1.807, 2.05) is 6.92 Å². The zero-order chi connectivity index (χ0) is 22.0. The van der Waals surface area contributed by atoms with Crippen molar-refractivity contribution in [2.24, 2.45) is 0 Å². The van der Waals surface area contributed by atoms with Gasteiger partial charge in [-0.05, 0) is 31.2 Å². The van der Waals surface area contributed by atoms with Gasteiger partial charge in [-0.25, -0.2) is 19.0 Å². The predicted molar refractivity (Wildman–Crippen MR) is 109 cm³/mol. The summed E-state index contributed by atoms with van der Waals surface area (Å²) in [7, 11) is 1.49. The van der Waals surface area contributed by atoms with Crippen molar-refractivity contribution < 1.29 is 18.7 Å². The largest absolute Gasteiger partial charge is 0.481 e. The van der Waals surface area contributed by atoms with E-state index in [4.69, 9.17) is 4.74 Å². The van der Waals surface area contributed by atoms with Crippen LogP contribution >= 0.6 is 0 Å². The highest BCUT2D eigenvalue weighted by molar-refractivity contribution is 5.93. The number of benzene rings is 1. The Balaban J connectivity index is 1.44. The van der Waals surface area contributed by atoms with Crippen LogP contribution in [0.1, 0.15) is 28.0 Å². The van der Waals surface area contributed by atoms with Crippen LogP contribution in [0.5, 0.6) is 5.88 Å². The Hall–Kier alpha value is -3.82. The number of hydrogen-bond acceptors (Lipinski definition) is 6. The molecule has 3 aromatic rings. The van der Waals surface area contributed by atoms with Gasteiger partial charge in [0.25, 0.3) is 11.8 Å². The molecule has 1 unspecified atom stereocenters. The highest BCUT2D eigenvalue weighted by Crippen LogP contribution is 2.17. The minimum absolute atomic E-state index is 0.0192. The fourth-order valence-electron chi connectivity index (χ4n) is 3.48. The third-order valence-corrected chi connectivity index (χ3v) is 5.08. The van der Waals surface area contributed by atoms with Crippen LogP contribution in [0.2, 0.25) is 0 Å². The molecule has 10 heteroatoms. The van der Waals surface area contributed by atoms with Crippen molar-refractivity contribution in [3.63, 3.8) is 0 Å². The van der Waals surface area contributed by atoms with E-state index >= 15 is 0 Å². The number of pyridine rings is 1. The average Bonchev–Trinajstić information content (AvgIpc) is 3.28. The van der Waals surface area contributed by atoms with E-state index in [1.165, 1.54) is 30.3 Å².